The molecule has 0 radical (unpaired) electrons. The van der Waals surface area contributed by atoms with Crippen molar-refractivity contribution in [3.63, 3.8) is 0 Å². The van der Waals surface area contributed by atoms with Crippen molar-refractivity contribution in [2.45, 2.75) is 6.92 Å². The molecule has 0 atom stereocenters. The topological polar surface area (TPSA) is 38.9 Å². The highest BCUT2D eigenvalue weighted by molar-refractivity contribution is 5.62. The highest BCUT2D eigenvalue weighted by Gasteiger charge is 1.96. The number of halogens is 1. The lowest BCUT2D eigenvalue weighted by Gasteiger charge is -1.97. The fourth-order valence-electron chi connectivity index (χ4n) is 0.724. The normalized spacial score (nSPS) is 11.6. The summed E-state index contributed by atoms with van der Waals surface area (Å²) >= 11 is 0. The maximum atomic E-state index is 12.5. The van der Waals surface area contributed by atoms with Gasteiger partial charge in [-0.3, -0.25) is 4.98 Å². The molecule has 0 aliphatic carbocycles. The van der Waals surface area contributed by atoms with Gasteiger partial charge < -0.3 is 5.73 Å². The quantitative estimate of drug-likeness (QED) is 0.662. The van der Waals surface area contributed by atoms with Gasteiger partial charge in [0.25, 0.3) is 0 Å². The molecule has 0 amide bonds. The fraction of sp³-hybridized carbons (Fsp3) is 0.125. The van der Waals surface area contributed by atoms with Crippen LogP contribution in [0.15, 0.2) is 24.7 Å². The van der Waals surface area contributed by atoms with Crippen molar-refractivity contribution in [1.82, 2.24) is 4.98 Å². The Balaban J connectivity index is 3.06. The van der Waals surface area contributed by atoms with Gasteiger partial charge in [0.2, 0.25) is 0 Å². The second-order valence-electron chi connectivity index (χ2n) is 2.24. The summed E-state index contributed by atoms with van der Waals surface area (Å²) in [5.74, 6) is -0.344. The first kappa shape index (κ1) is 7.72. The van der Waals surface area contributed by atoms with E-state index in [-0.39, 0.29) is 5.82 Å². The molecule has 0 fully saturated rings. The summed E-state index contributed by atoms with van der Waals surface area (Å²) in [7, 11) is 0. The van der Waals surface area contributed by atoms with Gasteiger partial charge in [0, 0.05) is 6.20 Å². The smallest absolute Gasteiger partial charge is 0.142 e. The predicted molar refractivity (Wildman–Crippen MR) is 42.0 cm³/mol. The van der Waals surface area contributed by atoms with Crippen LogP contribution in [0.3, 0.4) is 0 Å². The van der Waals surface area contributed by atoms with E-state index in [0.717, 1.165) is 11.8 Å². The molecule has 2 nitrogen and oxygen atoms in total. The minimum Gasteiger partial charge on any atom is -0.404 e. The van der Waals surface area contributed by atoms with Crippen LogP contribution < -0.4 is 5.73 Å². The number of aromatic nitrogens is 1. The fourth-order valence-corrected chi connectivity index (χ4v) is 0.724. The van der Waals surface area contributed by atoms with Crippen LogP contribution in [0, 0.1) is 5.82 Å². The average molecular weight is 152 g/mol. The third-order valence-electron chi connectivity index (χ3n) is 1.41. The lowest BCUT2D eigenvalue weighted by Crippen LogP contribution is -1.88. The molecule has 0 spiro atoms. The van der Waals surface area contributed by atoms with E-state index in [9.17, 15) is 4.39 Å². The molecule has 1 aromatic rings. The molecule has 0 aliphatic heterocycles. The van der Waals surface area contributed by atoms with Crippen molar-refractivity contribution in [3.05, 3.63) is 36.0 Å². The lowest BCUT2D eigenvalue weighted by atomic mass is 10.1. The summed E-state index contributed by atoms with van der Waals surface area (Å²) in [6, 6.07) is 1.39. The number of rotatable bonds is 1. The molecule has 0 aliphatic rings. The highest BCUT2D eigenvalue weighted by Crippen LogP contribution is 2.11. The molecule has 2 N–H and O–H groups in total. The first-order valence-electron chi connectivity index (χ1n) is 3.23. The van der Waals surface area contributed by atoms with Gasteiger partial charge in [0.1, 0.15) is 5.82 Å². The minimum absolute atomic E-state index is 0.344. The Bertz CT molecular complexity index is 281. The summed E-state index contributed by atoms with van der Waals surface area (Å²) < 4.78 is 12.5. The zero-order valence-corrected chi connectivity index (χ0v) is 6.21. The van der Waals surface area contributed by atoms with Crippen molar-refractivity contribution >= 4 is 5.57 Å². The van der Waals surface area contributed by atoms with E-state index < -0.39 is 0 Å². The van der Waals surface area contributed by atoms with Crippen LogP contribution in [0.1, 0.15) is 12.5 Å². The van der Waals surface area contributed by atoms with E-state index in [2.05, 4.69) is 4.98 Å². The molecule has 0 unspecified atom stereocenters. The van der Waals surface area contributed by atoms with Crippen LogP contribution in [-0.2, 0) is 0 Å². The van der Waals surface area contributed by atoms with Crippen molar-refractivity contribution in [3.8, 4) is 0 Å². The van der Waals surface area contributed by atoms with Crippen molar-refractivity contribution in [1.29, 1.82) is 0 Å². The summed E-state index contributed by atoms with van der Waals surface area (Å²) in [5.41, 5.74) is 6.77. The second-order valence-corrected chi connectivity index (χ2v) is 2.24. The first-order chi connectivity index (χ1) is 5.24. The highest BCUT2D eigenvalue weighted by atomic mass is 19.1. The maximum Gasteiger partial charge on any atom is 0.142 e. The monoisotopic (exact) mass is 152 g/mol. The molecular formula is C8H9FN2. The van der Waals surface area contributed by atoms with Gasteiger partial charge in [-0.05, 0) is 30.3 Å². The number of nitrogens with zero attached hydrogens (tertiary/aromatic N) is 1. The molecule has 0 aromatic carbocycles. The summed E-state index contributed by atoms with van der Waals surface area (Å²) in [6.07, 6.45) is 4.16. The van der Waals surface area contributed by atoms with E-state index in [1.54, 1.807) is 13.1 Å². The van der Waals surface area contributed by atoms with Crippen LogP contribution in [0.25, 0.3) is 5.57 Å². The van der Waals surface area contributed by atoms with E-state index in [4.69, 9.17) is 5.73 Å². The molecule has 11 heavy (non-hydrogen) atoms. The number of hydrogen-bond donors (Lipinski definition) is 1. The van der Waals surface area contributed by atoms with E-state index in [1.807, 2.05) is 0 Å². The molecule has 3 heteroatoms. The Morgan fingerprint density at radius 3 is 2.91 bits per heavy atom. The van der Waals surface area contributed by atoms with Crippen molar-refractivity contribution in [2.75, 3.05) is 0 Å². The molecular weight excluding hydrogens is 143 g/mol. The standard InChI is InChI=1S/C8H9FN2/c1-6(3-10)7-2-8(9)5-11-4-7/h2-5H,10H2,1H3/b6-3-. The van der Waals surface area contributed by atoms with E-state index >= 15 is 0 Å². The van der Waals surface area contributed by atoms with Gasteiger partial charge >= 0.3 is 0 Å². The third kappa shape index (κ3) is 1.77. The van der Waals surface area contributed by atoms with Crippen LogP contribution in [0.4, 0.5) is 4.39 Å². The van der Waals surface area contributed by atoms with Gasteiger partial charge in [0.05, 0.1) is 6.20 Å². The molecule has 0 bridgehead atoms. The summed E-state index contributed by atoms with van der Waals surface area (Å²) in [6.45, 7) is 1.80. The largest absolute Gasteiger partial charge is 0.404 e. The Morgan fingerprint density at radius 2 is 2.36 bits per heavy atom. The van der Waals surface area contributed by atoms with Crippen LogP contribution in [0.5, 0.6) is 0 Å². The zero-order chi connectivity index (χ0) is 8.27. The van der Waals surface area contributed by atoms with Crippen molar-refractivity contribution in [2.24, 2.45) is 5.73 Å². The maximum absolute atomic E-state index is 12.5. The van der Waals surface area contributed by atoms with E-state index in [1.165, 1.54) is 12.3 Å². The van der Waals surface area contributed by atoms with Gasteiger partial charge in [-0.1, -0.05) is 0 Å². The Morgan fingerprint density at radius 1 is 1.64 bits per heavy atom. The van der Waals surface area contributed by atoms with Gasteiger partial charge in [-0.2, -0.15) is 0 Å². The number of nitrogens with two attached hydrogens (primary N) is 1. The van der Waals surface area contributed by atoms with Crippen LogP contribution in [0.2, 0.25) is 0 Å². The summed E-state index contributed by atoms with van der Waals surface area (Å²) in [4.78, 5) is 3.68. The Hall–Kier alpha value is -1.38. The molecule has 58 valence electrons. The van der Waals surface area contributed by atoms with Gasteiger partial charge in [-0.15, -0.1) is 0 Å². The SMILES string of the molecule is C/C(=C/N)c1cncc(F)c1. The lowest BCUT2D eigenvalue weighted by molar-refractivity contribution is 0.621. The number of hydrogen-bond acceptors (Lipinski definition) is 2. The average Bonchev–Trinajstić information content (AvgIpc) is 2.03. The first-order valence-corrected chi connectivity index (χ1v) is 3.23. The van der Waals surface area contributed by atoms with Crippen LogP contribution in [-0.4, -0.2) is 4.98 Å². The molecule has 0 saturated heterocycles. The Labute approximate surface area is 64.6 Å². The molecule has 0 saturated carbocycles. The van der Waals surface area contributed by atoms with Gasteiger partial charge in [-0.25, -0.2) is 4.39 Å². The third-order valence-corrected chi connectivity index (χ3v) is 1.41. The summed E-state index contributed by atoms with van der Waals surface area (Å²) in [5, 5.41) is 0. The molecule has 1 rings (SSSR count). The van der Waals surface area contributed by atoms with E-state index in [0.29, 0.717) is 5.56 Å². The Kier molecular flexibility index (Phi) is 2.21. The molecule has 1 heterocycles. The molecule has 1 aromatic heterocycles. The van der Waals surface area contributed by atoms with Crippen molar-refractivity contribution < 1.29 is 4.39 Å². The van der Waals surface area contributed by atoms with Crippen LogP contribution >= 0.6 is 0 Å². The number of allylic oxidation sites excluding steroid dienone is 1. The zero-order valence-electron chi connectivity index (χ0n) is 6.21. The van der Waals surface area contributed by atoms with Gasteiger partial charge in [0.15, 0.2) is 0 Å². The second kappa shape index (κ2) is 3.14. The predicted octanol–water partition coefficient (Wildman–Crippen LogP) is 1.54. The number of pyridine rings is 1. The minimum atomic E-state index is -0.344.